The van der Waals surface area contributed by atoms with Gasteiger partial charge in [-0.15, -0.1) is 0 Å². The molecule has 1 aliphatic carbocycles. The molecule has 1 heterocycles. The maximum atomic E-state index is 13.6. The summed E-state index contributed by atoms with van der Waals surface area (Å²) in [6, 6.07) is 5.27. The summed E-state index contributed by atoms with van der Waals surface area (Å²) >= 11 is 0. The number of hydrogen-bond acceptors (Lipinski definition) is 2. The van der Waals surface area contributed by atoms with Gasteiger partial charge in [-0.2, -0.15) is 0 Å². The second kappa shape index (κ2) is 5.96. The Kier molecular flexibility index (Phi) is 4.21. The van der Waals surface area contributed by atoms with Gasteiger partial charge in [0.25, 0.3) is 0 Å². The number of halogens is 1. The molecule has 0 unspecified atom stereocenters. The van der Waals surface area contributed by atoms with Crippen LogP contribution < -0.4 is 10.2 Å². The highest BCUT2D eigenvalue weighted by molar-refractivity contribution is 5.58. The third kappa shape index (κ3) is 3.08. The van der Waals surface area contributed by atoms with E-state index in [0.29, 0.717) is 5.41 Å². The summed E-state index contributed by atoms with van der Waals surface area (Å²) in [6.07, 6.45) is 6.28. The molecule has 0 radical (unpaired) electrons. The van der Waals surface area contributed by atoms with Gasteiger partial charge in [-0.05, 0) is 49.9 Å². The predicted molar refractivity (Wildman–Crippen MR) is 86.3 cm³/mol. The van der Waals surface area contributed by atoms with Crippen LogP contribution in [-0.4, -0.2) is 26.7 Å². The first kappa shape index (κ1) is 14.8. The summed E-state index contributed by atoms with van der Waals surface area (Å²) in [4.78, 5) is 2.42. The van der Waals surface area contributed by atoms with Crippen molar-refractivity contribution in [2.45, 2.75) is 39.0 Å². The molecule has 2 aliphatic rings. The van der Waals surface area contributed by atoms with Crippen molar-refractivity contribution < 1.29 is 4.39 Å². The molecule has 1 aromatic rings. The molecule has 0 bridgehead atoms. The summed E-state index contributed by atoms with van der Waals surface area (Å²) in [5, 5.41) is 3.40. The van der Waals surface area contributed by atoms with E-state index >= 15 is 0 Å². The van der Waals surface area contributed by atoms with Crippen molar-refractivity contribution in [3.63, 3.8) is 0 Å². The van der Waals surface area contributed by atoms with Crippen molar-refractivity contribution >= 4 is 5.69 Å². The largest absolute Gasteiger partial charge is 0.370 e. The first-order valence-electron chi connectivity index (χ1n) is 8.30. The molecule has 3 rings (SSSR count). The van der Waals surface area contributed by atoms with Crippen LogP contribution in [0.1, 0.15) is 38.2 Å². The minimum Gasteiger partial charge on any atom is -0.370 e. The van der Waals surface area contributed by atoms with Crippen molar-refractivity contribution in [1.29, 1.82) is 0 Å². The van der Waals surface area contributed by atoms with Gasteiger partial charge in [-0.25, -0.2) is 4.39 Å². The molecule has 21 heavy (non-hydrogen) atoms. The molecule has 3 heteroatoms. The first-order chi connectivity index (χ1) is 10.1. The molecular weight excluding hydrogens is 263 g/mol. The van der Waals surface area contributed by atoms with E-state index in [0.717, 1.165) is 37.7 Å². The molecule has 0 amide bonds. The fourth-order valence-electron chi connectivity index (χ4n) is 4.13. The van der Waals surface area contributed by atoms with E-state index in [4.69, 9.17) is 0 Å². The predicted octanol–water partition coefficient (Wildman–Crippen LogP) is 3.60. The zero-order valence-electron chi connectivity index (χ0n) is 13.3. The van der Waals surface area contributed by atoms with Gasteiger partial charge in [0.1, 0.15) is 5.82 Å². The van der Waals surface area contributed by atoms with Gasteiger partial charge < -0.3 is 10.2 Å². The zero-order chi connectivity index (χ0) is 14.9. The number of nitrogens with one attached hydrogen (secondary N) is 1. The topological polar surface area (TPSA) is 15.3 Å². The Bertz CT molecular complexity index is 492. The van der Waals surface area contributed by atoms with Crippen LogP contribution in [0.25, 0.3) is 0 Å². The lowest BCUT2D eigenvalue weighted by molar-refractivity contribution is 0.160. The van der Waals surface area contributed by atoms with Crippen LogP contribution in [0.3, 0.4) is 0 Å². The van der Waals surface area contributed by atoms with E-state index in [1.807, 2.05) is 6.07 Å². The van der Waals surface area contributed by atoms with Gasteiger partial charge >= 0.3 is 0 Å². The summed E-state index contributed by atoms with van der Waals surface area (Å²) in [5.41, 5.74) is 2.79. The van der Waals surface area contributed by atoms with Crippen LogP contribution in [0.2, 0.25) is 0 Å². The van der Waals surface area contributed by atoms with E-state index in [1.54, 1.807) is 12.1 Å². The van der Waals surface area contributed by atoms with Crippen molar-refractivity contribution in [3.05, 3.63) is 29.6 Å². The van der Waals surface area contributed by atoms with Crippen molar-refractivity contribution in [3.8, 4) is 0 Å². The van der Waals surface area contributed by atoms with Crippen LogP contribution in [0.5, 0.6) is 0 Å². The third-order valence-electron chi connectivity index (χ3n) is 5.45. The lowest BCUT2D eigenvalue weighted by Gasteiger charge is -2.42. The Hall–Kier alpha value is -1.09. The molecule has 1 aromatic carbocycles. The smallest absolute Gasteiger partial charge is 0.125 e. The monoisotopic (exact) mass is 290 g/mol. The Morgan fingerprint density at radius 1 is 1.33 bits per heavy atom. The van der Waals surface area contributed by atoms with Crippen molar-refractivity contribution in [2.24, 2.45) is 11.3 Å². The Labute approximate surface area is 127 Å². The molecule has 0 aromatic heterocycles. The number of benzene rings is 1. The average Bonchev–Trinajstić information content (AvgIpc) is 2.85. The molecule has 2 nitrogen and oxygen atoms in total. The van der Waals surface area contributed by atoms with Crippen molar-refractivity contribution in [1.82, 2.24) is 5.32 Å². The molecule has 116 valence electrons. The quantitative estimate of drug-likeness (QED) is 0.911. The second-order valence-corrected chi connectivity index (χ2v) is 7.16. The highest BCUT2D eigenvalue weighted by Gasteiger charge is 2.36. The SMILES string of the molecule is CNCC1(CN2CCc3ccc(F)cc32)CCC(C)CC1. The number of fused-ring (bicyclic) bond motifs is 1. The molecule has 0 atom stereocenters. The van der Waals surface area contributed by atoms with E-state index in [9.17, 15) is 4.39 Å². The number of anilines is 1. The lowest BCUT2D eigenvalue weighted by atomic mass is 9.70. The highest BCUT2D eigenvalue weighted by Crippen LogP contribution is 2.41. The van der Waals surface area contributed by atoms with Crippen LogP contribution >= 0.6 is 0 Å². The molecule has 0 saturated heterocycles. The standard InChI is InChI=1S/C18H27FN2/c1-14-5-8-18(9-6-14,12-20-2)13-21-10-7-15-3-4-16(19)11-17(15)21/h3-4,11,14,20H,5-10,12-13H2,1-2H3. The minimum atomic E-state index is -0.111. The van der Waals surface area contributed by atoms with Gasteiger partial charge in [0.15, 0.2) is 0 Å². The zero-order valence-corrected chi connectivity index (χ0v) is 13.3. The van der Waals surface area contributed by atoms with E-state index < -0.39 is 0 Å². The van der Waals surface area contributed by atoms with E-state index in [1.165, 1.54) is 31.2 Å². The van der Waals surface area contributed by atoms with E-state index in [2.05, 4.69) is 24.2 Å². The van der Waals surface area contributed by atoms with E-state index in [-0.39, 0.29) is 5.82 Å². The Morgan fingerprint density at radius 3 is 2.81 bits per heavy atom. The Balaban J connectivity index is 1.77. The molecular formula is C18H27FN2. The molecule has 1 saturated carbocycles. The number of rotatable bonds is 4. The fraction of sp³-hybridized carbons (Fsp3) is 0.667. The normalized spacial score (nSPS) is 28.7. The highest BCUT2D eigenvalue weighted by atomic mass is 19.1. The maximum absolute atomic E-state index is 13.6. The van der Waals surface area contributed by atoms with Crippen LogP contribution in [0.4, 0.5) is 10.1 Å². The van der Waals surface area contributed by atoms with Crippen LogP contribution in [-0.2, 0) is 6.42 Å². The fourth-order valence-corrected chi connectivity index (χ4v) is 4.13. The lowest BCUT2D eigenvalue weighted by Crippen LogP contribution is -2.45. The maximum Gasteiger partial charge on any atom is 0.125 e. The summed E-state index contributed by atoms with van der Waals surface area (Å²) in [6.45, 7) is 5.54. The minimum absolute atomic E-state index is 0.111. The summed E-state index contributed by atoms with van der Waals surface area (Å²) in [5.74, 6) is 0.749. The van der Waals surface area contributed by atoms with Gasteiger partial charge in [0.05, 0.1) is 0 Å². The average molecular weight is 290 g/mol. The third-order valence-corrected chi connectivity index (χ3v) is 5.45. The van der Waals surface area contributed by atoms with Gasteiger partial charge in [0, 0.05) is 30.7 Å². The molecule has 1 aliphatic heterocycles. The van der Waals surface area contributed by atoms with Gasteiger partial charge in [-0.1, -0.05) is 25.8 Å². The first-order valence-corrected chi connectivity index (χ1v) is 8.30. The second-order valence-electron chi connectivity index (χ2n) is 7.16. The van der Waals surface area contributed by atoms with Crippen LogP contribution in [0.15, 0.2) is 18.2 Å². The Morgan fingerprint density at radius 2 is 2.10 bits per heavy atom. The molecule has 1 fully saturated rings. The molecule has 1 N–H and O–H groups in total. The molecule has 0 spiro atoms. The van der Waals surface area contributed by atoms with Gasteiger partial charge in [-0.3, -0.25) is 0 Å². The number of hydrogen-bond donors (Lipinski definition) is 1. The summed E-state index contributed by atoms with van der Waals surface area (Å²) in [7, 11) is 2.05. The number of nitrogens with zero attached hydrogens (tertiary/aromatic N) is 1. The van der Waals surface area contributed by atoms with Crippen molar-refractivity contribution in [2.75, 3.05) is 31.6 Å². The van der Waals surface area contributed by atoms with Gasteiger partial charge in [0.2, 0.25) is 0 Å². The summed E-state index contributed by atoms with van der Waals surface area (Å²) < 4.78 is 13.6. The van der Waals surface area contributed by atoms with Crippen LogP contribution in [0, 0.1) is 17.2 Å².